The van der Waals surface area contributed by atoms with Gasteiger partial charge in [0.05, 0.1) is 11.8 Å². The van der Waals surface area contributed by atoms with E-state index in [-0.39, 0.29) is 0 Å². The number of hydrogen-bond acceptors (Lipinski definition) is 6. The number of nitrogen functional groups attached to an aromatic ring is 1. The molecule has 1 heterocycles. The first-order valence-electron chi connectivity index (χ1n) is 6.65. The number of rotatable bonds is 5. The lowest BCUT2D eigenvalue weighted by molar-refractivity contribution is 0.215. The molecule has 0 saturated heterocycles. The number of benzene rings is 1. The minimum Gasteiger partial charge on any atom is -0.399 e. The van der Waals surface area contributed by atoms with E-state index in [0.29, 0.717) is 23.1 Å². The summed E-state index contributed by atoms with van der Waals surface area (Å²) in [6.45, 7) is 4.32. The molecule has 0 spiro atoms. The van der Waals surface area contributed by atoms with Crippen molar-refractivity contribution >= 4 is 23.5 Å². The molecule has 0 bridgehead atoms. The first-order chi connectivity index (χ1) is 10.1. The Bertz CT molecular complexity index is 622. The van der Waals surface area contributed by atoms with Crippen LogP contribution in [0.1, 0.15) is 30.9 Å². The van der Waals surface area contributed by atoms with Crippen molar-refractivity contribution in [3.8, 4) is 0 Å². The average molecular weight is 285 g/mol. The van der Waals surface area contributed by atoms with Gasteiger partial charge in [0.2, 0.25) is 0 Å². The molecule has 0 aliphatic carbocycles. The van der Waals surface area contributed by atoms with Crippen molar-refractivity contribution in [3.63, 3.8) is 0 Å². The summed E-state index contributed by atoms with van der Waals surface area (Å²) < 4.78 is 0. The monoisotopic (exact) mass is 285 g/mol. The average Bonchev–Trinajstić information content (AvgIpc) is 2.47. The van der Waals surface area contributed by atoms with Crippen LogP contribution in [0.5, 0.6) is 0 Å². The number of oxime groups is 1. The number of nitrogens with one attached hydrogen (secondary N) is 1. The highest BCUT2D eigenvalue weighted by Crippen LogP contribution is 2.22. The van der Waals surface area contributed by atoms with Gasteiger partial charge in [0.15, 0.2) is 0 Å². The zero-order valence-corrected chi connectivity index (χ0v) is 12.4. The van der Waals surface area contributed by atoms with E-state index in [1.54, 1.807) is 0 Å². The second kappa shape index (κ2) is 6.69. The molecular formula is C15H19N5O. The fourth-order valence-electron chi connectivity index (χ4n) is 1.83. The Labute approximate surface area is 124 Å². The van der Waals surface area contributed by atoms with Gasteiger partial charge in [-0.3, -0.25) is 0 Å². The van der Waals surface area contributed by atoms with E-state index < -0.39 is 0 Å². The van der Waals surface area contributed by atoms with Crippen molar-refractivity contribution in [2.45, 2.75) is 19.8 Å². The molecule has 1 aromatic heterocycles. The molecule has 2 aromatic rings. The van der Waals surface area contributed by atoms with Crippen LogP contribution in [0.2, 0.25) is 0 Å². The van der Waals surface area contributed by atoms with Gasteiger partial charge in [-0.05, 0) is 23.6 Å². The largest absolute Gasteiger partial charge is 0.399 e. The number of aromatic nitrogens is 2. The van der Waals surface area contributed by atoms with Gasteiger partial charge in [0, 0.05) is 5.69 Å². The highest BCUT2D eigenvalue weighted by atomic mass is 16.6. The van der Waals surface area contributed by atoms with Crippen LogP contribution in [-0.2, 0) is 4.84 Å². The molecule has 0 aliphatic heterocycles. The van der Waals surface area contributed by atoms with Gasteiger partial charge in [0.1, 0.15) is 25.1 Å². The Balaban J connectivity index is 2.26. The highest BCUT2D eigenvalue weighted by molar-refractivity contribution is 5.92. The van der Waals surface area contributed by atoms with Crippen molar-refractivity contribution in [3.05, 3.63) is 41.7 Å². The Hall–Kier alpha value is -2.63. The van der Waals surface area contributed by atoms with Crippen molar-refractivity contribution in [2.75, 3.05) is 18.2 Å². The number of anilines is 3. The minimum absolute atomic E-state index is 0.340. The van der Waals surface area contributed by atoms with Crippen LogP contribution in [0, 0.1) is 0 Å². The lowest BCUT2D eigenvalue weighted by Gasteiger charge is -2.11. The normalized spacial score (nSPS) is 11.0. The van der Waals surface area contributed by atoms with Gasteiger partial charge in [-0.25, -0.2) is 9.97 Å². The fourth-order valence-corrected chi connectivity index (χ4v) is 1.83. The van der Waals surface area contributed by atoms with Crippen LogP contribution in [0.4, 0.5) is 17.3 Å². The summed E-state index contributed by atoms with van der Waals surface area (Å²) in [5.41, 5.74) is 8.63. The molecule has 110 valence electrons. The number of nitrogens with zero attached hydrogens (tertiary/aromatic N) is 3. The molecular weight excluding hydrogens is 266 g/mol. The van der Waals surface area contributed by atoms with Crippen LogP contribution >= 0.6 is 0 Å². The number of nitrogens with two attached hydrogens (primary N) is 1. The summed E-state index contributed by atoms with van der Waals surface area (Å²) in [5, 5.41) is 6.93. The lowest BCUT2D eigenvalue weighted by Crippen LogP contribution is -2.05. The molecule has 0 amide bonds. The Morgan fingerprint density at radius 1 is 1.24 bits per heavy atom. The zero-order chi connectivity index (χ0) is 15.2. The second-order valence-corrected chi connectivity index (χ2v) is 4.84. The van der Waals surface area contributed by atoms with Crippen molar-refractivity contribution in [1.29, 1.82) is 0 Å². The summed E-state index contributed by atoms with van der Waals surface area (Å²) in [7, 11) is 1.47. The molecule has 0 radical (unpaired) electrons. The van der Waals surface area contributed by atoms with Gasteiger partial charge in [-0.2, -0.15) is 0 Å². The lowest BCUT2D eigenvalue weighted by atomic mass is 10.0. The van der Waals surface area contributed by atoms with Crippen LogP contribution < -0.4 is 11.1 Å². The smallest absolute Gasteiger partial charge is 0.144 e. The van der Waals surface area contributed by atoms with Crippen LogP contribution in [-0.4, -0.2) is 23.3 Å². The first kappa shape index (κ1) is 14.8. The van der Waals surface area contributed by atoms with Crippen molar-refractivity contribution < 1.29 is 4.84 Å². The zero-order valence-electron chi connectivity index (χ0n) is 12.4. The van der Waals surface area contributed by atoms with Gasteiger partial charge in [-0.1, -0.05) is 31.1 Å². The summed E-state index contributed by atoms with van der Waals surface area (Å²) >= 11 is 0. The third-order valence-corrected chi connectivity index (χ3v) is 3.04. The van der Waals surface area contributed by atoms with E-state index in [4.69, 9.17) is 5.73 Å². The standard InChI is InChI=1S/C15H19N5O/c1-10(2)11-4-6-12(7-5-11)20-15-13(8-19-21-3)14(16)17-9-18-15/h4-10H,1-3H3,(H3,16,17,18,20)/b19-8+. The molecule has 0 atom stereocenters. The molecule has 3 N–H and O–H groups in total. The van der Waals surface area contributed by atoms with Crippen LogP contribution in [0.3, 0.4) is 0 Å². The van der Waals surface area contributed by atoms with Crippen molar-refractivity contribution in [1.82, 2.24) is 9.97 Å². The van der Waals surface area contributed by atoms with E-state index in [1.807, 2.05) is 12.1 Å². The molecule has 0 saturated carbocycles. The van der Waals surface area contributed by atoms with Gasteiger partial charge in [-0.15, -0.1) is 0 Å². The molecule has 6 heteroatoms. The quantitative estimate of drug-likeness (QED) is 0.651. The summed E-state index contributed by atoms with van der Waals surface area (Å²) in [6.07, 6.45) is 2.89. The Morgan fingerprint density at radius 2 is 1.95 bits per heavy atom. The third kappa shape index (κ3) is 3.68. The molecule has 0 unspecified atom stereocenters. The Kier molecular flexibility index (Phi) is 4.71. The molecule has 0 aliphatic rings. The highest BCUT2D eigenvalue weighted by Gasteiger charge is 2.08. The van der Waals surface area contributed by atoms with Crippen LogP contribution in [0.25, 0.3) is 0 Å². The molecule has 1 aromatic carbocycles. The summed E-state index contributed by atoms with van der Waals surface area (Å²) in [5.74, 6) is 1.42. The third-order valence-electron chi connectivity index (χ3n) is 3.04. The van der Waals surface area contributed by atoms with E-state index >= 15 is 0 Å². The SMILES string of the molecule is CO/N=C/c1c(N)ncnc1Nc1ccc(C(C)C)cc1. The van der Waals surface area contributed by atoms with Crippen molar-refractivity contribution in [2.24, 2.45) is 5.16 Å². The second-order valence-electron chi connectivity index (χ2n) is 4.84. The van der Waals surface area contributed by atoms with Gasteiger partial charge >= 0.3 is 0 Å². The van der Waals surface area contributed by atoms with E-state index in [0.717, 1.165) is 5.69 Å². The topological polar surface area (TPSA) is 85.4 Å². The summed E-state index contributed by atoms with van der Waals surface area (Å²) in [4.78, 5) is 12.8. The maximum Gasteiger partial charge on any atom is 0.144 e. The molecule has 21 heavy (non-hydrogen) atoms. The van der Waals surface area contributed by atoms with E-state index in [9.17, 15) is 0 Å². The van der Waals surface area contributed by atoms with E-state index in [1.165, 1.54) is 25.2 Å². The maximum absolute atomic E-state index is 5.84. The minimum atomic E-state index is 0.340. The van der Waals surface area contributed by atoms with Gasteiger partial charge < -0.3 is 15.9 Å². The van der Waals surface area contributed by atoms with Gasteiger partial charge in [0.25, 0.3) is 0 Å². The predicted molar refractivity (Wildman–Crippen MR) is 84.9 cm³/mol. The maximum atomic E-state index is 5.84. The fraction of sp³-hybridized carbons (Fsp3) is 0.267. The Morgan fingerprint density at radius 3 is 2.57 bits per heavy atom. The first-order valence-corrected chi connectivity index (χ1v) is 6.65. The predicted octanol–water partition coefficient (Wildman–Crippen LogP) is 2.91. The van der Waals surface area contributed by atoms with E-state index in [2.05, 4.69) is 51.3 Å². The number of hydrogen-bond donors (Lipinski definition) is 2. The molecule has 6 nitrogen and oxygen atoms in total. The molecule has 2 rings (SSSR count). The summed E-state index contributed by atoms with van der Waals surface area (Å²) in [6, 6.07) is 8.18. The van der Waals surface area contributed by atoms with Crippen LogP contribution in [0.15, 0.2) is 35.7 Å². The molecule has 0 fully saturated rings.